The summed E-state index contributed by atoms with van der Waals surface area (Å²) in [6.45, 7) is 11.4. The highest BCUT2D eigenvalue weighted by atomic mass is 35.5. The third-order valence-corrected chi connectivity index (χ3v) is 9.73. The summed E-state index contributed by atoms with van der Waals surface area (Å²) < 4.78 is 8.54. The molecule has 2 aromatic heterocycles. The van der Waals surface area contributed by atoms with E-state index in [0.717, 1.165) is 12.1 Å². The van der Waals surface area contributed by atoms with Gasteiger partial charge >= 0.3 is 0 Å². The number of hydrogen-bond acceptors (Lipinski definition) is 4. The molecule has 124 valence electrons. The lowest BCUT2D eigenvalue weighted by Gasteiger charge is -2.38. The third-order valence-electron chi connectivity index (χ3n) is 4.95. The van der Waals surface area contributed by atoms with Crippen LogP contribution in [0.1, 0.15) is 33.2 Å². The number of nitrogens with zero attached hydrogens (tertiary/aromatic N) is 4. The minimum Gasteiger partial charge on any atom is -0.410 e. The molecule has 1 aliphatic carbocycles. The van der Waals surface area contributed by atoms with Gasteiger partial charge in [-0.3, -0.25) is 0 Å². The highest BCUT2D eigenvalue weighted by molar-refractivity contribution is 6.74. The fourth-order valence-corrected chi connectivity index (χ4v) is 4.02. The second-order valence-electron chi connectivity index (χ2n) is 7.59. The van der Waals surface area contributed by atoms with Crippen molar-refractivity contribution in [1.29, 1.82) is 0 Å². The van der Waals surface area contributed by atoms with Gasteiger partial charge in [0.05, 0.1) is 18.5 Å². The second-order valence-corrected chi connectivity index (χ2v) is 12.7. The maximum atomic E-state index is 6.49. The zero-order valence-electron chi connectivity index (χ0n) is 14.2. The van der Waals surface area contributed by atoms with Gasteiger partial charge in [0.2, 0.25) is 0 Å². The smallest absolute Gasteiger partial charge is 0.192 e. The van der Waals surface area contributed by atoms with Gasteiger partial charge in [0.25, 0.3) is 0 Å². The molecule has 2 heterocycles. The molecule has 0 saturated heterocycles. The molecule has 0 unspecified atom stereocenters. The summed E-state index contributed by atoms with van der Waals surface area (Å²) in [5.74, 6) is 0. The Kier molecular flexibility index (Phi) is 4.10. The van der Waals surface area contributed by atoms with Gasteiger partial charge < -0.3 is 8.99 Å². The Balaban J connectivity index is 1.78. The van der Waals surface area contributed by atoms with Crippen LogP contribution < -0.4 is 0 Å². The molecule has 0 aliphatic heterocycles. The predicted molar refractivity (Wildman–Crippen MR) is 95.2 cm³/mol. The van der Waals surface area contributed by atoms with E-state index in [2.05, 4.69) is 61.0 Å². The lowest BCUT2D eigenvalue weighted by Crippen LogP contribution is -2.43. The summed E-state index contributed by atoms with van der Waals surface area (Å²) in [6, 6.07) is 0.195. The van der Waals surface area contributed by atoms with Crippen molar-refractivity contribution in [3.8, 4) is 0 Å². The van der Waals surface area contributed by atoms with Gasteiger partial charge in [0, 0.05) is 6.42 Å². The fourth-order valence-electron chi connectivity index (χ4n) is 2.56. The second kappa shape index (κ2) is 5.68. The standard InChI is InChI=1S/C16H23ClN4OSi/c1-16(2,3)23(4,5)22-12-7-6-11(8-12)21-10-20-13-14(17)18-9-19-15(13)21/h6-7,9-12H,8H2,1-5H3/t11-,12-/m1/s1. The zero-order chi connectivity index (χ0) is 16.8. The van der Waals surface area contributed by atoms with Crippen LogP contribution in [0.2, 0.25) is 23.3 Å². The van der Waals surface area contributed by atoms with Crippen LogP contribution in [0.15, 0.2) is 24.8 Å². The van der Waals surface area contributed by atoms with Gasteiger partial charge in [0.1, 0.15) is 11.8 Å². The van der Waals surface area contributed by atoms with E-state index in [0.29, 0.717) is 10.7 Å². The maximum Gasteiger partial charge on any atom is 0.192 e. The van der Waals surface area contributed by atoms with Gasteiger partial charge in [-0.2, -0.15) is 0 Å². The molecule has 23 heavy (non-hydrogen) atoms. The van der Waals surface area contributed by atoms with Crippen LogP contribution >= 0.6 is 11.6 Å². The molecule has 2 aromatic rings. The number of hydrogen-bond donors (Lipinski definition) is 0. The topological polar surface area (TPSA) is 52.8 Å². The lowest BCUT2D eigenvalue weighted by atomic mass is 10.2. The van der Waals surface area contributed by atoms with Crippen molar-refractivity contribution >= 4 is 31.1 Å². The van der Waals surface area contributed by atoms with Crippen LogP contribution in [-0.2, 0) is 4.43 Å². The monoisotopic (exact) mass is 350 g/mol. The zero-order valence-corrected chi connectivity index (χ0v) is 16.0. The number of fused-ring (bicyclic) bond motifs is 1. The molecule has 2 atom stereocenters. The summed E-state index contributed by atoms with van der Waals surface area (Å²) in [4.78, 5) is 12.6. The highest BCUT2D eigenvalue weighted by Gasteiger charge is 2.40. The Labute approximate surface area is 142 Å². The van der Waals surface area contributed by atoms with Crippen molar-refractivity contribution in [1.82, 2.24) is 19.5 Å². The molecule has 0 fully saturated rings. The first-order valence-electron chi connectivity index (χ1n) is 7.88. The van der Waals surface area contributed by atoms with Gasteiger partial charge in [-0.05, 0) is 18.1 Å². The number of allylic oxidation sites excluding steroid dienone is 1. The van der Waals surface area contributed by atoms with Crippen LogP contribution in [0, 0.1) is 0 Å². The van der Waals surface area contributed by atoms with Crippen LogP contribution in [0.25, 0.3) is 11.2 Å². The van der Waals surface area contributed by atoms with E-state index in [1.54, 1.807) is 6.33 Å². The third kappa shape index (κ3) is 3.07. The fraction of sp³-hybridized carbons (Fsp3) is 0.562. The minimum atomic E-state index is -1.77. The first kappa shape index (κ1) is 16.6. The maximum absolute atomic E-state index is 6.49. The molecule has 0 radical (unpaired) electrons. The molecular formula is C16H23ClN4OSi. The summed E-state index contributed by atoms with van der Waals surface area (Å²) in [5.41, 5.74) is 1.42. The molecule has 0 N–H and O–H groups in total. The van der Waals surface area contributed by atoms with E-state index < -0.39 is 8.32 Å². The van der Waals surface area contributed by atoms with Gasteiger partial charge in [0.15, 0.2) is 19.1 Å². The summed E-state index contributed by atoms with van der Waals surface area (Å²) in [5, 5.41) is 0.603. The lowest BCUT2D eigenvalue weighted by molar-refractivity contribution is 0.213. The molecule has 0 aromatic carbocycles. The number of halogens is 1. The normalized spacial score (nSPS) is 22.2. The molecule has 7 heteroatoms. The molecule has 5 nitrogen and oxygen atoms in total. The average Bonchev–Trinajstić information content (AvgIpc) is 3.04. The predicted octanol–water partition coefficient (Wildman–Crippen LogP) is 4.37. The molecule has 1 aliphatic rings. The Morgan fingerprint density at radius 3 is 2.65 bits per heavy atom. The van der Waals surface area contributed by atoms with Crippen molar-refractivity contribution in [2.24, 2.45) is 0 Å². The largest absolute Gasteiger partial charge is 0.410 e. The molecule has 0 spiro atoms. The van der Waals surface area contributed by atoms with Crippen molar-refractivity contribution in [2.75, 3.05) is 0 Å². The Bertz CT molecular complexity index is 750. The number of imidazole rings is 1. The van der Waals surface area contributed by atoms with Crippen LogP contribution in [0.5, 0.6) is 0 Å². The Morgan fingerprint density at radius 2 is 1.96 bits per heavy atom. The van der Waals surface area contributed by atoms with E-state index >= 15 is 0 Å². The average molecular weight is 351 g/mol. The number of aromatic nitrogens is 4. The minimum absolute atomic E-state index is 0.149. The van der Waals surface area contributed by atoms with E-state index in [1.165, 1.54) is 6.33 Å². The molecular weight excluding hydrogens is 328 g/mol. The number of rotatable bonds is 3. The van der Waals surface area contributed by atoms with Crippen molar-refractivity contribution < 1.29 is 4.43 Å². The van der Waals surface area contributed by atoms with Crippen molar-refractivity contribution in [2.45, 2.75) is 57.5 Å². The van der Waals surface area contributed by atoms with Gasteiger partial charge in [-0.1, -0.05) is 44.5 Å². The van der Waals surface area contributed by atoms with Gasteiger partial charge in [-0.25, -0.2) is 15.0 Å². The summed E-state index contributed by atoms with van der Waals surface area (Å²) in [7, 11) is -1.77. The van der Waals surface area contributed by atoms with E-state index in [1.807, 2.05) is 4.57 Å². The molecule has 0 amide bonds. The van der Waals surface area contributed by atoms with Crippen LogP contribution in [0.3, 0.4) is 0 Å². The van der Waals surface area contributed by atoms with Crippen molar-refractivity contribution in [3.63, 3.8) is 0 Å². The molecule has 3 rings (SSSR count). The highest BCUT2D eigenvalue weighted by Crippen LogP contribution is 2.39. The van der Waals surface area contributed by atoms with Crippen LogP contribution in [0.4, 0.5) is 0 Å². The first-order valence-corrected chi connectivity index (χ1v) is 11.2. The first-order chi connectivity index (χ1) is 10.7. The van der Waals surface area contributed by atoms with E-state index in [4.69, 9.17) is 16.0 Å². The quantitative estimate of drug-likeness (QED) is 0.468. The summed E-state index contributed by atoms with van der Waals surface area (Å²) in [6.07, 6.45) is 8.66. The Morgan fingerprint density at radius 1 is 1.22 bits per heavy atom. The van der Waals surface area contributed by atoms with Crippen molar-refractivity contribution in [3.05, 3.63) is 30.0 Å². The SMILES string of the molecule is CC(C)(C)[Si](C)(C)O[C@@H]1C=C[C@@H](n2cnc3c(Cl)ncnc32)C1. The molecule has 0 saturated carbocycles. The van der Waals surface area contributed by atoms with Crippen LogP contribution in [-0.4, -0.2) is 33.9 Å². The molecule has 0 bridgehead atoms. The van der Waals surface area contributed by atoms with Gasteiger partial charge in [-0.15, -0.1) is 0 Å². The van der Waals surface area contributed by atoms with E-state index in [9.17, 15) is 0 Å². The summed E-state index contributed by atoms with van der Waals surface area (Å²) >= 11 is 6.08. The van der Waals surface area contributed by atoms with E-state index in [-0.39, 0.29) is 17.2 Å². The Hall–Kier alpha value is -1.24.